The molecule has 1 aromatic heterocycles. The number of aromatic nitrogens is 2. The van der Waals surface area contributed by atoms with E-state index in [1.165, 1.54) is 18.2 Å². The van der Waals surface area contributed by atoms with Gasteiger partial charge in [0.1, 0.15) is 5.75 Å². The largest absolute Gasteiger partial charge is 0.493 e. The number of nitrogens with one attached hydrogen (secondary N) is 1. The van der Waals surface area contributed by atoms with E-state index in [1.807, 2.05) is 24.3 Å². The molecule has 0 aliphatic carbocycles. The molecule has 1 aliphatic rings. The van der Waals surface area contributed by atoms with Crippen molar-refractivity contribution in [3.8, 4) is 11.4 Å². The number of carbonyl (C=O) groups excluding carboxylic acids is 1. The van der Waals surface area contributed by atoms with Crippen LogP contribution in [0.25, 0.3) is 5.69 Å². The zero-order chi connectivity index (χ0) is 21.3. The molecule has 2 aromatic carbocycles. The number of fused-ring (bicyclic) bond motifs is 1. The summed E-state index contributed by atoms with van der Waals surface area (Å²) < 4.78 is 47.6. The summed E-state index contributed by atoms with van der Waals surface area (Å²) in [6, 6.07) is 13.4. The Bertz CT molecular complexity index is 1080. The van der Waals surface area contributed by atoms with Gasteiger partial charge in [-0.3, -0.25) is 4.79 Å². The van der Waals surface area contributed by atoms with Crippen molar-refractivity contribution in [1.82, 2.24) is 15.1 Å². The Hall–Kier alpha value is -3.00. The predicted octanol–water partition coefficient (Wildman–Crippen LogP) is 4.53. The van der Waals surface area contributed by atoms with Gasteiger partial charge >= 0.3 is 6.18 Å². The van der Waals surface area contributed by atoms with Crippen LogP contribution in [-0.4, -0.2) is 28.8 Å². The Balaban J connectivity index is 1.53. The first-order chi connectivity index (χ1) is 14.3. The first-order valence-corrected chi connectivity index (χ1v) is 9.61. The Kier molecular flexibility index (Phi) is 5.42. The van der Waals surface area contributed by atoms with Gasteiger partial charge in [-0.15, -0.1) is 0 Å². The molecule has 0 fully saturated rings. The number of benzene rings is 2. The molecule has 30 heavy (non-hydrogen) atoms. The van der Waals surface area contributed by atoms with Crippen LogP contribution in [0.4, 0.5) is 13.2 Å². The minimum Gasteiger partial charge on any atom is -0.493 e. The summed E-state index contributed by atoms with van der Waals surface area (Å²) in [5.74, 6) is -0.0853. The van der Waals surface area contributed by atoms with Gasteiger partial charge in [0, 0.05) is 17.5 Å². The molecule has 0 saturated heterocycles. The van der Waals surface area contributed by atoms with E-state index in [2.05, 4.69) is 10.4 Å². The minimum absolute atomic E-state index is 0.0406. The van der Waals surface area contributed by atoms with Crippen LogP contribution in [0.3, 0.4) is 0 Å². The lowest BCUT2D eigenvalue weighted by atomic mass is 9.96. The third kappa shape index (κ3) is 4.14. The molecule has 2 heterocycles. The average molecular weight is 436 g/mol. The van der Waals surface area contributed by atoms with E-state index in [-0.39, 0.29) is 23.2 Å². The van der Waals surface area contributed by atoms with Crippen LogP contribution < -0.4 is 10.1 Å². The predicted molar refractivity (Wildman–Crippen MR) is 105 cm³/mol. The maximum absolute atomic E-state index is 13.8. The zero-order valence-corrected chi connectivity index (χ0v) is 16.4. The first kappa shape index (κ1) is 20.3. The molecule has 0 radical (unpaired) electrons. The molecule has 1 unspecified atom stereocenters. The normalized spacial score (nSPS) is 15.9. The van der Waals surface area contributed by atoms with E-state index in [4.69, 9.17) is 16.3 Å². The average Bonchev–Trinajstić information content (AvgIpc) is 3.18. The van der Waals surface area contributed by atoms with Crippen LogP contribution in [-0.2, 0) is 12.6 Å². The van der Waals surface area contributed by atoms with Crippen LogP contribution >= 0.6 is 11.6 Å². The number of carbonyl (C=O) groups is 1. The number of ether oxygens (including phenoxy) is 1. The van der Waals surface area contributed by atoms with Crippen LogP contribution in [0.5, 0.6) is 5.75 Å². The number of hydrogen-bond donors (Lipinski definition) is 1. The van der Waals surface area contributed by atoms with E-state index in [1.54, 1.807) is 6.07 Å². The van der Waals surface area contributed by atoms with E-state index in [0.717, 1.165) is 17.5 Å². The lowest BCUT2D eigenvalue weighted by Crippen LogP contribution is -2.35. The number of para-hydroxylation sites is 1. The van der Waals surface area contributed by atoms with Gasteiger partial charge in [-0.25, -0.2) is 4.68 Å². The highest BCUT2D eigenvalue weighted by Crippen LogP contribution is 2.34. The third-order valence-electron chi connectivity index (χ3n) is 4.84. The molecule has 3 aromatic rings. The second-order valence-electron chi connectivity index (χ2n) is 7.00. The highest BCUT2D eigenvalue weighted by molar-refractivity contribution is 6.30. The van der Waals surface area contributed by atoms with Crippen molar-refractivity contribution in [3.05, 3.63) is 76.6 Å². The molecule has 1 atom stereocenters. The van der Waals surface area contributed by atoms with Gasteiger partial charge < -0.3 is 10.1 Å². The van der Waals surface area contributed by atoms with E-state index in [0.29, 0.717) is 17.7 Å². The number of rotatable bonds is 4. The van der Waals surface area contributed by atoms with E-state index >= 15 is 0 Å². The Morgan fingerprint density at radius 2 is 2.03 bits per heavy atom. The van der Waals surface area contributed by atoms with Crippen molar-refractivity contribution >= 4 is 17.5 Å². The van der Waals surface area contributed by atoms with E-state index < -0.39 is 23.3 Å². The molecule has 9 heteroatoms. The van der Waals surface area contributed by atoms with Gasteiger partial charge in [0.25, 0.3) is 5.91 Å². The monoisotopic (exact) mass is 435 g/mol. The third-order valence-corrected chi connectivity index (χ3v) is 5.08. The summed E-state index contributed by atoms with van der Waals surface area (Å²) in [7, 11) is 0. The summed E-state index contributed by atoms with van der Waals surface area (Å²) in [6.45, 7) is 0.567. The minimum atomic E-state index is -4.78. The summed E-state index contributed by atoms with van der Waals surface area (Å²) in [6.07, 6.45) is -3.19. The molecular weight excluding hydrogens is 419 g/mol. The second-order valence-corrected chi connectivity index (χ2v) is 7.43. The molecule has 156 valence electrons. The van der Waals surface area contributed by atoms with Crippen LogP contribution in [0, 0.1) is 5.92 Å². The van der Waals surface area contributed by atoms with Gasteiger partial charge in [0.05, 0.1) is 24.1 Å². The van der Waals surface area contributed by atoms with Crippen LogP contribution in [0.2, 0.25) is 5.02 Å². The summed E-state index contributed by atoms with van der Waals surface area (Å²) >= 11 is 5.89. The number of alkyl halides is 3. The smallest absolute Gasteiger partial charge is 0.434 e. The van der Waals surface area contributed by atoms with Crippen molar-refractivity contribution < 1.29 is 22.7 Å². The fourth-order valence-corrected chi connectivity index (χ4v) is 3.63. The lowest BCUT2D eigenvalue weighted by Gasteiger charge is -2.25. The van der Waals surface area contributed by atoms with Gasteiger partial charge in [-0.1, -0.05) is 35.9 Å². The van der Waals surface area contributed by atoms with Gasteiger partial charge in [-0.05, 0) is 36.2 Å². The fourth-order valence-electron chi connectivity index (χ4n) is 3.45. The number of nitrogens with zero attached hydrogens (tertiary/aromatic N) is 2. The van der Waals surface area contributed by atoms with Crippen molar-refractivity contribution in [2.45, 2.75) is 12.6 Å². The number of amides is 1. The van der Waals surface area contributed by atoms with E-state index in [9.17, 15) is 18.0 Å². The first-order valence-electron chi connectivity index (χ1n) is 9.23. The van der Waals surface area contributed by atoms with Crippen molar-refractivity contribution in [2.75, 3.05) is 13.2 Å². The zero-order valence-electron chi connectivity index (χ0n) is 15.6. The van der Waals surface area contributed by atoms with Crippen molar-refractivity contribution in [1.29, 1.82) is 0 Å². The molecular formula is C21H17ClF3N3O2. The van der Waals surface area contributed by atoms with Gasteiger partial charge in [-0.2, -0.15) is 18.3 Å². The topological polar surface area (TPSA) is 56.1 Å². The Morgan fingerprint density at radius 1 is 1.23 bits per heavy atom. The molecule has 4 rings (SSSR count). The standard InChI is InChI=1S/C21H17ClF3N3O2/c22-15-5-3-6-16(9-15)28-19(21(23,24)25)17(11-27-28)20(29)26-10-13-8-14-4-1-2-7-18(14)30-12-13/h1-7,9,11,13H,8,10,12H2,(H,26,29). The molecule has 0 saturated carbocycles. The molecule has 0 spiro atoms. The lowest BCUT2D eigenvalue weighted by molar-refractivity contribution is -0.143. The van der Waals surface area contributed by atoms with Gasteiger partial charge in [0.2, 0.25) is 0 Å². The SMILES string of the molecule is O=C(NCC1COc2ccccc2C1)c1cnn(-c2cccc(Cl)c2)c1C(F)(F)F. The molecule has 0 bridgehead atoms. The Morgan fingerprint density at radius 3 is 2.80 bits per heavy atom. The fraction of sp³-hybridized carbons (Fsp3) is 0.238. The second kappa shape index (κ2) is 8.02. The maximum atomic E-state index is 13.8. The van der Waals surface area contributed by atoms with Crippen LogP contribution in [0.15, 0.2) is 54.7 Å². The van der Waals surface area contributed by atoms with Crippen molar-refractivity contribution in [2.24, 2.45) is 5.92 Å². The Labute approximate surface area is 175 Å². The molecule has 1 N–H and O–H groups in total. The highest BCUT2D eigenvalue weighted by atomic mass is 35.5. The quantitative estimate of drug-likeness (QED) is 0.655. The van der Waals surface area contributed by atoms with Crippen molar-refractivity contribution in [3.63, 3.8) is 0 Å². The molecule has 1 amide bonds. The summed E-state index contributed by atoms with van der Waals surface area (Å²) in [5, 5.41) is 6.65. The highest BCUT2D eigenvalue weighted by Gasteiger charge is 2.40. The summed E-state index contributed by atoms with van der Waals surface area (Å²) in [4.78, 5) is 12.6. The number of halogens is 4. The molecule has 1 aliphatic heterocycles. The van der Waals surface area contributed by atoms with Gasteiger partial charge in [0.15, 0.2) is 5.69 Å². The summed E-state index contributed by atoms with van der Waals surface area (Å²) in [5.41, 5.74) is -0.564. The number of hydrogen-bond acceptors (Lipinski definition) is 3. The van der Waals surface area contributed by atoms with Crippen LogP contribution in [0.1, 0.15) is 21.6 Å². The maximum Gasteiger partial charge on any atom is 0.434 e. The molecule has 5 nitrogen and oxygen atoms in total.